The molecule has 1 aromatic carbocycles. The Balaban J connectivity index is 3.11. The molecule has 0 spiro atoms. The standard InChI is InChI=1S/C13H16N2O3/c1-10-4-3-5-11(8-14)13(10)15(6-7-18-2)9-12(16)17/h3-5H,6-7,9H2,1-2H3,(H,16,17). The fourth-order valence-corrected chi connectivity index (χ4v) is 1.80. The van der Waals surface area contributed by atoms with Gasteiger partial charge < -0.3 is 14.7 Å². The Hall–Kier alpha value is -2.06. The summed E-state index contributed by atoms with van der Waals surface area (Å²) in [6, 6.07) is 7.42. The van der Waals surface area contributed by atoms with E-state index < -0.39 is 5.97 Å². The molecule has 0 fully saturated rings. The number of hydrogen-bond acceptors (Lipinski definition) is 4. The first-order valence-corrected chi connectivity index (χ1v) is 5.55. The van der Waals surface area contributed by atoms with Crippen LogP contribution >= 0.6 is 0 Å². The number of carbonyl (C=O) groups is 1. The van der Waals surface area contributed by atoms with Gasteiger partial charge in [0, 0.05) is 13.7 Å². The number of methoxy groups -OCH3 is 1. The van der Waals surface area contributed by atoms with Crippen molar-refractivity contribution in [2.45, 2.75) is 6.92 Å². The second-order valence-corrected chi connectivity index (χ2v) is 3.89. The summed E-state index contributed by atoms with van der Waals surface area (Å²) in [5.74, 6) is -0.932. The maximum atomic E-state index is 10.9. The van der Waals surface area contributed by atoms with Gasteiger partial charge in [0.2, 0.25) is 0 Å². The summed E-state index contributed by atoms with van der Waals surface area (Å²) in [5, 5.41) is 18.0. The van der Waals surface area contributed by atoms with Gasteiger partial charge in [0.1, 0.15) is 12.6 Å². The fourth-order valence-electron chi connectivity index (χ4n) is 1.80. The van der Waals surface area contributed by atoms with E-state index in [9.17, 15) is 4.79 Å². The Bertz CT molecular complexity index is 466. The van der Waals surface area contributed by atoms with Crippen LogP contribution in [-0.4, -0.2) is 37.9 Å². The zero-order valence-corrected chi connectivity index (χ0v) is 10.5. The number of para-hydroxylation sites is 1. The highest BCUT2D eigenvalue weighted by Crippen LogP contribution is 2.24. The van der Waals surface area contributed by atoms with E-state index in [1.165, 1.54) is 0 Å². The molecule has 0 bridgehead atoms. The van der Waals surface area contributed by atoms with Crippen molar-refractivity contribution in [3.63, 3.8) is 0 Å². The zero-order valence-electron chi connectivity index (χ0n) is 10.5. The number of anilines is 1. The van der Waals surface area contributed by atoms with Crippen LogP contribution < -0.4 is 4.90 Å². The van der Waals surface area contributed by atoms with Gasteiger partial charge in [-0.25, -0.2) is 0 Å². The molecule has 0 saturated heterocycles. The zero-order chi connectivity index (χ0) is 13.5. The molecule has 18 heavy (non-hydrogen) atoms. The number of carboxylic acids is 1. The highest BCUT2D eigenvalue weighted by Gasteiger charge is 2.16. The van der Waals surface area contributed by atoms with Gasteiger partial charge in [0.15, 0.2) is 0 Å². The van der Waals surface area contributed by atoms with E-state index in [4.69, 9.17) is 15.1 Å². The minimum atomic E-state index is -0.932. The van der Waals surface area contributed by atoms with Gasteiger partial charge in [-0.15, -0.1) is 0 Å². The minimum absolute atomic E-state index is 0.150. The highest BCUT2D eigenvalue weighted by molar-refractivity contribution is 5.76. The fraction of sp³-hybridized carbons (Fsp3) is 0.385. The monoisotopic (exact) mass is 248 g/mol. The van der Waals surface area contributed by atoms with E-state index in [0.717, 1.165) is 5.56 Å². The predicted molar refractivity (Wildman–Crippen MR) is 67.6 cm³/mol. The van der Waals surface area contributed by atoms with Gasteiger partial charge in [0.25, 0.3) is 0 Å². The van der Waals surface area contributed by atoms with Gasteiger partial charge in [-0.1, -0.05) is 12.1 Å². The molecule has 96 valence electrons. The number of rotatable bonds is 6. The first kappa shape index (κ1) is 14.0. The Morgan fingerprint density at radius 1 is 1.56 bits per heavy atom. The number of nitrogens with zero attached hydrogens (tertiary/aromatic N) is 2. The number of aliphatic carboxylic acids is 1. The van der Waals surface area contributed by atoms with Gasteiger partial charge in [-0.05, 0) is 18.6 Å². The summed E-state index contributed by atoms with van der Waals surface area (Å²) in [7, 11) is 1.56. The Morgan fingerprint density at radius 2 is 2.28 bits per heavy atom. The van der Waals surface area contributed by atoms with Gasteiger partial charge in [0.05, 0.1) is 17.9 Å². The molecule has 1 N–H and O–H groups in total. The van der Waals surface area contributed by atoms with Crippen molar-refractivity contribution < 1.29 is 14.6 Å². The van der Waals surface area contributed by atoms with Crippen molar-refractivity contribution in [1.82, 2.24) is 0 Å². The number of benzene rings is 1. The number of nitriles is 1. The van der Waals surface area contributed by atoms with E-state index in [0.29, 0.717) is 24.4 Å². The molecule has 0 unspecified atom stereocenters. The molecule has 0 aliphatic rings. The summed E-state index contributed by atoms with van der Waals surface area (Å²) in [4.78, 5) is 12.5. The molecule has 5 nitrogen and oxygen atoms in total. The van der Waals surface area contributed by atoms with Crippen LogP contribution in [0.4, 0.5) is 5.69 Å². The maximum Gasteiger partial charge on any atom is 0.323 e. The maximum absolute atomic E-state index is 10.9. The molecule has 0 aliphatic heterocycles. The van der Waals surface area contributed by atoms with Crippen LogP contribution in [-0.2, 0) is 9.53 Å². The number of aryl methyl sites for hydroxylation is 1. The lowest BCUT2D eigenvalue weighted by atomic mass is 10.1. The molecule has 0 atom stereocenters. The highest BCUT2D eigenvalue weighted by atomic mass is 16.5. The Kier molecular flexibility index (Phi) is 5.15. The van der Waals surface area contributed by atoms with Crippen molar-refractivity contribution >= 4 is 11.7 Å². The van der Waals surface area contributed by atoms with E-state index in [1.807, 2.05) is 13.0 Å². The summed E-state index contributed by atoms with van der Waals surface area (Å²) in [6.07, 6.45) is 0. The normalized spacial score (nSPS) is 9.83. The summed E-state index contributed by atoms with van der Waals surface area (Å²) >= 11 is 0. The molecule has 0 amide bonds. The predicted octanol–water partition coefficient (Wildman–Crippen LogP) is 1.40. The van der Waals surface area contributed by atoms with E-state index in [1.54, 1.807) is 24.1 Å². The second kappa shape index (κ2) is 6.62. The lowest BCUT2D eigenvalue weighted by Gasteiger charge is -2.25. The number of carboxylic acid groups (broad SMARTS) is 1. The largest absolute Gasteiger partial charge is 0.480 e. The van der Waals surface area contributed by atoms with E-state index in [-0.39, 0.29) is 6.54 Å². The molecule has 0 saturated carbocycles. The molecule has 5 heteroatoms. The van der Waals surface area contributed by atoms with Gasteiger partial charge >= 0.3 is 5.97 Å². The minimum Gasteiger partial charge on any atom is -0.480 e. The molecular formula is C13H16N2O3. The van der Waals surface area contributed by atoms with Crippen molar-refractivity contribution in [3.8, 4) is 6.07 Å². The second-order valence-electron chi connectivity index (χ2n) is 3.89. The SMILES string of the molecule is COCCN(CC(=O)O)c1c(C)cccc1C#N. The molecule has 0 radical (unpaired) electrons. The summed E-state index contributed by atoms with van der Waals surface area (Å²) < 4.78 is 4.97. The molecular weight excluding hydrogens is 232 g/mol. The van der Waals surface area contributed by atoms with Gasteiger partial charge in [-0.3, -0.25) is 4.79 Å². The third kappa shape index (κ3) is 3.47. The van der Waals surface area contributed by atoms with Crippen LogP contribution in [0.2, 0.25) is 0 Å². The number of hydrogen-bond donors (Lipinski definition) is 1. The van der Waals surface area contributed by atoms with Crippen LogP contribution in [0, 0.1) is 18.3 Å². The smallest absolute Gasteiger partial charge is 0.323 e. The van der Waals surface area contributed by atoms with Crippen molar-refractivity contribution in [3.05, 3.63) is 29.3 Å². The molecule has 1 aromatic rings. The summed E-state index contributed by atoms with van der Waals surface area (Å²) in [5.41, 5.74) is 2.03. The van der Waals surface area contributed by atoms with Crippen LogP contribution in [0.25, 0.3) is 0 Å². The first-order chi connectivity index (χ1) is 8.60. The third-order valence-electron chi connectivity index (χ3n) is 2.57. The molecule has 0 heterocycles. The van der Waals surface area contributed by atoms with Crippen LogP contribution in [0.1, 0.15) is 11.1 Å². The number of ether oxygens (including phenoxy) is 1. The molecule has 0 aromatic heterocycles. The quantitative estimate of drug-likeness (QED) is 0.823. The average Bonchev–Trinajstić information content (AvgIpc) is 2.34. The lowest BCUT2D eigenvalue weighted by Crippen LogP contribution is -2.33. The van der Waals surface area contributed by atoms with Crippen LogP contribution in [0.15, 0.2) is 18.2 Å². The van der Waals surface area contributed by atoms with Crippen molar-refractivity contribution in [2.24, 2.45) is 0 Å². The summed E-state index contributed by atoms with van der Waals surface area (Å²) in [6.45, 7) is 2.55. The lowest BCUT2D eigenvalue weighted by molar-refractivity contribution is -0.135. The van der Waals surface area contributed by atoms with E-state index >= 15 is 0 Å². The van der Waals surface area contributed by atoms with Gasteiger partial charge in [-0.2, -0.15) is 5.26 Å². The van der Waals surface area contributed by atoms with Crippen LogP contribution in [0.5, 0.6) is 0 Å². The topological polar surface area (TPSA) is 73.6 Å². The molecule has 0 aliphatic carbocycles. The molecule has 1 rings (SSSR count). The van der Waals surface area contributed by atoms with Crippen molar-refractivity contribution in [1.29, 1.82) is 5.26 Å². The Labute approximate surface area is 106 Å². The van der Waals surface area contributed by atoms with E-state index in [2.05, 4.69) is 6.07 Å². The van der Waals surface area contributed by atoms with Crippen molar-refractivity contribution in [2.75, 3.05) is 31.7 Å². The van der Waals surface area contributed by atoms with Crippen LogP contribution in [0.3, 0.4) is 0 Å². The first-order valence-electron chi connectivity index (χ1n) is 5.55. The average molecular weight is 248 g/mol. The Morgan fingerprint density at radius 3 is 2.83 bits per heavy atom. The third-order valence-corrected chi connectivity index (χ3v) is 2.57.